The molecule has 0 heterocycles. The summed E-state index contributed by atoms with van der Waals surface area (Å²) in [6, 6.07) is 7.43. The van der Waals surface area contributed by atoms with Gasteiger partial charge in [-0.15, -0.1) is 0 Å². The van der Waals surface area contributed by atoms with Crippen molar-refractivity contribution < 1.29 is 4.79 Å². The zero-order chi connectivity index (χ0) is 12.5. The number of carbonyl (C=O) groups is 1. The number of anilines is 1. The van der Waals surface area contributed by atoms with E-state index in [9.17, 15) is 4.79 Å². The number of rotatable bonds is 2. The summed E-state index contributed by atoms with van der Waals surface area (Å²) in [7, 11) is 0. The molecule has 0 radical (unpaired) electrons. The summed E-state index contributed by atoms with van der Waals surface area (Å²) in [4.78, 5) is 11.9. The van der Waals surface area contributed by atoms with Crippen LogP contribution in [0.1, 0.15) is 25.7 Å². The van der Waals surface area contributed by atoms with E-state index < -0.39 is 0 Å². The number of urea groups is 1. The van der Waals surface area contributed by atoms with Gasteiger partial charge in [-0.3, -0.25) is 0 Å². The van der Waals surface area contributed by atoms with Gasteiger partial charge in [-0.1, -0.05) is 18.0 Å². The molecule has 1 aromatic rings. The van der Waals surface area contributed by atoms with Crippen LogP contribution < -0.4 is 10.6 Å². The third kappa shape index (κ3) is 2.46. The summed E-state index contributed by atoms with van der Waals surface area (Å²) in [5, 5.41) is 6.61. The average Bonchev–Trinajstić information content (AvgIpc) is 2.94. The van der Waals surface area contributed by atoms with E-state index >= 15 is 0 Å². The van der Waals surface area contributed by atoms with Crippen LogP contribution in [0.2, 0.25) is 5.02 Å². The van der Waals surface area contributed by atoms with Crippen LogP contribution in [0.25, 0.3) is 0 Å². The van der Waals surface area contributed by atoms with Gasteiger partial charge in [0.1, 0.15) is 0 Å². The number of nitrogens with one attached hydrogen (secondary N) is 2. The number of fused-ring (bicyclic) bond motifs is 2. The number of hydrogen-bond acceptors (Lipinski definition) is 1. The molecule has 2 fully saturated rings. The fourth-order valence-corrected chi connectivity index (χ4v) is 3.42. The zero-order valence-electron chi connectivity index (χ0n) is 10.2. The number of benzene rings is 1. The van der Waals surface area contributed by atoms with Gasteiger partial charge in [0.15, 0.2) is 0 Å². The van der Waals surface area contributed by atoms with Gasteiger partial charge in [-0.05, 0) is 55.4 Å². The first kappa shape index (κ1) is 11.8. The lowest BCUT2D eigenvalue weighted by atomic mass is 9.95. The van der Waals surface area contributed by atoms with Gasteiger partial charge in [0.05, 0.1) is 0 Å². The van der Waals surface area contributed by atoms with Gasteiger partial charge in [-0.2, -0.15) is 0 Å². The van der Waals surface area contributed by atoms with E-state index in [1.165, 1.54) is 19.3 Å². The Hall–Kier alpha value is -1.22. The Morgan fingerprint density at radius 1 is 1.17 bits per heavy atom. The zero-order valence-corrected chi connectivity index (χ0v) is 10.9. The number of halogens is 1. The first-order chi connectivity index (χ1) is 8.70. The molecule has 4 heteroatoms. The van der Waals surface area contributed by atoms with Gasteiger partial charge >= 0.3 is 6.03 Å². The SMILES string of the molecule is O=C(Nc1ccc(Cl)cc1)N[C@H]1C[C@@H]2CC[C@@H]1C2. The second-order valence-corrected chi connectivity index (χ2v) is 5.82. The molecular weight excluding hydrogens is 248 g/mol. The standard InChI is InChI=1S/C14H17ClN2O/c15-11-3-5-12(6-4-11)16-14(18)17-13-8-9-1-2-10(13)7-9/h3-6,9-10,13H,1-2,7-8H2,(H2,16,17,18)/t9-,10-,13+/m1/s1. The van der Waals surface area contributed by atoms with E-state index in [1.54, 1.807) is 12.1 Å². The van der Waals surface area contributed by atoms with Crippen LogP contribution in [0, 0.1) is 11.8 Å². The predicted octanol–water partition coefficient (Wildman–Crippen LogP) is 3.65. The van der Waals surface area contributed by atoms with Gasteiger partial charge in [0.2, 0.25) is 0 Å². The van der Waals surface area contributed by atoms with Crippen LogP contribution in [0.5, 0.6) is 0 Å². The van der Waals surface area contributed by atoms with Crippen molar-refractivity contribution >= 4 is 23.3 Å². The smallest absolute Gasteiger partial charge is 0.319 e. The van der Waals surface area contributed by atoms with Crippen LogP contribution in [-0.2, 0) is 0 Å². The van der Waals surface area contributed by atoms with Crippen LogP contribution >= 0.6 is 11.6 Å². The van der Waals surface area contributed by atoms with Crippen molar-refractivity contribution in [3.63, 3.8) is 0 Å². The van der Waals surface area contributed by atoms with Crippen molar-refractivity contribution in [2.75, 3.05) is 5.32 Å². The molecule has 2 saturated carbocycles. The second kappa shape index (κ2) is 4.81. The molecule has 0 saturated heterocycles. The van der Waals surface area contributed by atoms with Crippen LogP contribution in [0.4, 0.5) is 10.5 Å². The highest BCUT2D eigenvalue weighted by atomic mass is 35.5. The minimum Gasteiger partial charge on any atom is -0.335 e. The average molecular weight is 265 g/mol. The maximum atomic E-state index is 11.9. The summed E-state index contributed by atoms with van der Waals surface area (Å²) < 4.78 is 0. The Labute approximate surface area is 112 Å². The number of hydrogen-bond donors (Lipinski definition) is 2. The summed E-state index contributed by atoms with van der Waals surface area (Å²) in [6.07, 6.45) is 5.07. The first-order valence-electron chi connectivity index (χ1n) is 6.54. The molecule has 0 aliphatic heterocycles. The van der Waals surface area contributed by atoms with Crippen LogP contribution in [0.15, 0.2) is 24.3 Å². The summed E-state index contributed by atoms with van der Waals surface area (Å²) >= 11 is 5.80. The van der Waals surface area contributed by atoms with E-state index in [0.717, 1.165) is 18.0 Å². The first-order valence-corrected chi connectivity index (χ1v) is 6.91. The van der Waals surface area contributed by atoms with E-state index in [2.05, 4.69) is 10.6 Å². The molecule has 96 valence electrons. The predicted molar refractivity (Wildman–Crippen MR) is 72.8 cm³/mol. The molecule has 3 atom stereocenters. The largest absolute Gasteiger partial charge is 0.335 e. The highest BCUT2D eigenvalue weighted by Gasteiger charge is 2.40. The minimum absolute atomic E-state index is 0.102. The highest BCUT2D eigenvalue weighted by molar-refractivity contribution is 6.30. The Morgan fingerprint density at radius 2 is 1.94 bits per heavy atom. The van der Waals surface area contributed by atoms with Gasteiger partial charge in [0.25, 0.3) is 0 Å². The maximum absolute atomic E-state index is 11.9. The molecule has 3 rings (SSSR count). The quantitative estimate of drug-likeness (QED) is 0.841. The molecule has 18 heavy (non-hydrogen) atoms. The second-order valence-electron chi connectivity index (χ2n) is 5.39. The van der Waals surface area contributed by atoms with Crippen LogP contribution in [0.3, 0.4) is 0 Å². The Balaban J connectivity index is 1.54. The maximum Gasteiger partial charge on any atom is 0.319 e. The third-order valence-electron chi connectivity index (χ3n) is 4.16. The lowest BCUT2D eigenvalue weighted by molar-refractivity contribution is 0.242. The molecule has 1 aromatic carbocycles. The van der Waals surface area contributed by atoms with Crippen molar-refractivity contribution in [2.45, 2.75) is 31.7 Å². The monoisotopic (exact) mass is 264 g/mol. The molecule has 3 nitrogen and oxygen atoms in total. The van der Waals surface area contributed by atoms with Crippen LogP contribution in [-0.4, -0.2) is 12.1 Å². The Morgan fingerprint density at radius 3 is 2.56 bits per heavy atom. The van der Waals surface area contributed by atoms with E-state index in [-0.39, 0.29) is 6.03 Å². The normalized spacial score (nSPS) is 29.3. The number of amides is 2. The van der Waals surface area contributed by atoms with Gasteiger partial charge in [0, 0.05) is 16.8 Å². The molecule has 0 aromatic heterocycles. The molecule has 2 aliphatic rings. The van der Waals surface area contributed by atoms with Crippen molar-refractivity contribution in [2.24, 2.45) is 11.8 Å². The molecule has 0 unspecified atom stereocenters. The van der Waals surface area contributed by atoms with Crippen molar-refractivity contribution in [1.29, 1.82) is 0 Å². The van der Waals surface area contributed by atoms with Gasteiger partial charge < -0.3 is 10.6 Å². The molecule has 2 bridgehead atoms. The van der Waals surface area contributed by atoms with Gasteiger partial charge in [-0.25, -0.2) is 4.79 Å². The third-order valence-corrected chi connectivity index (χ3v) is 4.41. The lowest BCUT2D eigenvalue weighted by Gasteiger charge is -2.23. The molecule has 2 amide bonds. The summed E-state index contributed by atoms with van der Waals surface area (Å²) in [6.45, 7) is 0. The molecule has 2 N–H and O–H groups in total. The summed E-state index contributed by atoms with van der Waals surface area (Å²) in [5.74, 6) is 1.54. The van der Waals surface area contributed by atoms with E-state index in [4.69, 9.17) is 11.6 Å². The molecular formula is C14H17ClN2O. The van der Waals surface area contributed by atoms with E-state index in [1.807, 2.05) is 12.1 Å². The number of carbonyl (C=O) groups excluding carboxylic acids is 1. The molecule has 2 aliphatic carbocycles. The fourth-order valence-electron chi connectivity index (χ4n) is 3.29. The molecule has 0 spiro atoms. The van der Waals surface area contributed by atoms with Crippen molar-refractivity contribution in [3.05, 3.63) is 29.3 Å². The minimum atomic E-state index is -0.102. The van der Waals surface area contributed by atoms with E-state index in [0.29, 0.717) is 17.0 Å². The Bertz CT molecular complexity index is 446. The van der Waals surface area contributed by atoms with Crippen molar-refractivity contribution in [3.8, 4) is 0 Å². The summed E-state index contributed by atoms with van der Waals surface area (Å²) in [5.41, 5.74) is 0.778. The highest BCUT2D eigenvalue weighted by Crippen LogP contribution is 2.44. The fraction of sp³-hybridized carbons (Fsp3) is 0.500. The van der Waals surface area contributed by atoms with Crippen molar-refractivity contribution in [1.82, 2.24) is 5.32 Å². The Kier molecular flexibility index (Phi) is 3.16. The lowest BCUT2D eigenvalue weighted by Crippen LogP contribution is -2.40. The topological polar surface area (TPSA) is 41.1 Å².